The first-order valence-electron chi connectivity index (χ1n) is 5.63. The van der Waals surface area contributed by atoms with Crippen molar-refractivity contribution in [2.45, 2.75) is 13.0 Å². The number of carbonyl (C=O) groups is 1. The highest BCUT2D eigenvalue weighted by atomic mass is 16.4. The Morgan fingerprint density at radius 2 is 2.39 bits per heavy atom. The first-order valence-corrected chi connectivity index (χ1v) is 5.63. The van der Waals surface area contributed by atoms with E-state index in [4.69, 9.17) is 10.2 Å². The Bertz CT molecular complexity index is 602. The van der Waals surface area contributed by atoms with Gasteiger partial charge in [0.2, 0.25) is 5.91 Å². The van der Waals surface area contributed by atoms with E-state index in [2.05, 4.69) is 10.3 Å². The summed E-state index contributed by atoms with van der Waals surface area (Å²) in [6, 6.07) is 3.35. The number of nitrogens with zero attached hydrogens (tertiary/aromatic N) is 2. The van der Waals surface area contributed by atoms with E-state index >= 15 is 0 Å². The van der Waals surface area contributed by atoms with Crippen molar-refractivity contribution >= 4 is 17.1 Å². The van der Waals surface area contributed by atoms with Crippen LogP contribution in [0.4, 0.5) is 0 Å². The van der Waals surface area contributed by atoms with E-state index in [0.29, 0.717) is 24.3 Å². The fraction of sp³-hybridized carbons (Fsp3) is 0.364. The predicted molar refractivity (Wildman–Crippen MR) is 65.0 cm³/mol. The summed E-state index contributed by atoms with van der Waals surface area (Å²) in [5.74, 6) is -0.659. The van der Waals surface area contributed by atoms with Crippen molar-refractivity contribution in [1.29, 1.82) is 0 Å². The molecule has 7 heteroatoms. The third-order valence-corrected chi connectivity index (χ3v) is 2.45. The number of hydrogen-bond donors (Lipinski definition) is 2. The number of aromatic nitrogens is 2. The first kappa shape index (κ1) is 12.3. The largest absolute Gasteiger partial charge is 0.421 e. The van der Waals surface area contributed by atoms with Crippen LogP contribution >= 0.6 is 0 Å². The van der Waals surface area contributed by atoms with Crippen LogP contribution < -0.4 is 16.8 Å². The number of carbonyl (C=O) groups excluding carboxylic acids is 1. The van der Waals surface area contributed by atoms with Crippen molar-refractivity contribution in [3.63, 3.8) is 0 Å². The van der Waals surface area contributed by atoms with E-state index in [-0.39, 0.29) is 18.9 Å². The van der Waals surface area contributed by atoms with Crippen LogP contribution in [0.2, 0.25) is 0 Å². The molecule has 2 aromatic heterocycles. The van der Waals surface area contributed by atoms with Crippen LogP contribution in [-0.4, -0.2) is 28.5 Å². The monoisotopic (exact) mass is 250 g/mol. The number of oxazole rings is 1. The van der Waals surface area contributed by atoms with Gasteiger partial charge in [-0.25, -0.2) is 9.78 Å². The second kappa shape index (κ2) is 5.46. The lowest BCUT2D eigenvalue weighted by molar-refractivity contribution is -0.121. The third kappa shape index (κ3) is 2.57. The Kier molecular flexibility index (Phi) is 3.73. The molecule has 1 amide bonds. The van der Waals surface area contributed by atoms with Gasteiger partial charge in [-0.1, -0.05) is 0 Å². The second-order valence-corrected chi connectivity index (χ2v) is 3.73. The smallest absolute Gasteiger partial charge is 0.406 e. The Morgan fingerprint density at radius 1 is 1.56 bits per heavy atom. The predicted octanol–water partition coefficient (Wildman–Crippen LogP) is -0.546. The number of pyridine rings is 1. The van der Waals surface area contributed by atoms with Crippen LogP contribution in [0.5, 0.6) is 0 Å². The van der Waals surface area contributed by atoms with Crippen molar-refractivity contribution in [2.75, 3.05) is 13.1 Å². The molecule has 0 aliphatic carbocycles. The highest BCUT2D eigenvalue weighted by Crippen LogP contribution is 2.08. The molecule has 0 fully saturated rings. The molecule has 0 saturated heterocycles. The number of nitrogens with two attached hydrogens (primary N) is 1. The minimum atomic E-state index is -0.504. The lowest BCUT2D eigenvalue weighted by Gasteiger charge is -2.03. The van der Waals surface area contributed by atoms with Gasteiger partial charge in [-0.15, -0.1) is 0 Å². The van der Waals surface area contributed by atoms with Crippen molar-refractivity contribution in [3.8, 4) is 0 Å². The van der Waals surface area contributed by atoms with Crippen LogP contribution in [-0.2, 0) is 11.3 Å². The fourth-order valence-corrected chi connectivity index (χ4v) is 1.61. The van der Waals surface area contributed by atoms with E-state index in [1.165, 1.54) is 4.57 Å². The van der Waals surface area contributed by atoms with Crippen molar-refractivity contribution in [2.24, 2.45) is 5.73 Å². The van der Waals surface area contributed by atoms with Crippen LogP contribution in [0.3, 0.4) is 0 Å². The molecule has 0 atom stereocenters. The molecule has 18 heavy (non-hydrogen) atoms. The molecule has 2 rings (SSSR count). The Morgan fingerprint density at radius 3 is 3.17 bits per heavy atom. The minimum absolute atomic E-state index is 0.155. The zero-order valence-electron chi connectivity index (χ0n) is 9.76. The Hall–Kier alpha value is -2.15. The summed E-state index contributed by atoms with van der Waals surface area (Å²) < 4.78 is 6.35. The van der Waals surface area contributed by atoms with Gasteiger partial charge in [0.15, 0.2) is 11.2 Å². The highest BCUT2D eigenvalue weighted by Gasteiger charge is 2.10. The maximum absolute atomic E-state index is 11.6. The van der Waals surface area contributed by atoms with Gasteiger partial charge < -0.3 is 15.5 Å². The summed E-state index contributed by atoms with van der Waals surface area (Å²) in [5, 5.41) is 2.63. The molecular formula is C11H14N4O3. The quantitative estimate of drug-likeness (QED) is 0.741. The van der Waals surface area contributed by atoms with Crippen LogP contribution in [0, 0.1) is 0 Å². The standard InChI is InChI=1S/C11H14N4O3/c12-4-6-13-9(16)3-7-15-10-8(18-11(15)17)2-1-5-14-10/h1-2,5H,3-4,6-7,12H2,(H,13,16). The van der Waals surface area contributed by atoms with E-state index < -0.39 is 5.76 Å². The van der Waals surface area contributed by atoms with E-state index in [0.717, 1.165) is 0 Å². The summed E-state index contributed by atoms with van der Waals surface area (Å²) >= 11 is 0. The number of hydrogen-bond acceptors (Lipinski definition) is 5. The van der Waals surface area contributed by atoms with Gasteiger partial charge >= 0.3 is 5.76 Å². The Balaban J connectivity index is 2.10. The van der Waals surface area contributed by atoms with Crippen LogP contribution in [0.25, 0.3) is 11.2 Å². The van der Waals surface area contributed by atoms with E-state index in [9.17, 15) is 9.59 Å². The molecule has 0 saturated carbocycles. The topological polar surface area (TPSA) is 103 Å². The molecule has 0 aromatic carbocycles. The number of aryl methyl sites for hydroxylation is 1. The van der Waals surface area contributed by atoms with Gasteiger partial charge in [0.1, 0.15) is 0 Å². The molecule has 0 spiro atoms. The van der Waals surface area contributed by atoms with Gasteiger partial charge in [0, 0.05) is 32.3 Å². The van der Waals surface area contributed by atoms with Gasteiger partial charge in [0.05, 0.1) is 0 Å². The maximum atomic E-state index is 11.6. The maximum Gasteiger partial charge on any atom is 0.421 e. The zero-order valence-corrected chi connectivity index (χ0v) is 9.76. The average molecular weight is 250 g/mol. The number of amides is 1. The summed E-state index contributed by atoms with van der Waals surface area (Å²) in [6.07, 6.45) is 1.76. The summed E-state index contributed by atoms with van der Waals surface area (Å²) in [7, 11) is 0. The molecular weight excluding hydrogens is 236 g/mol. The SMILES string of the molecule is NCCNC(=O)CCn1c(=O)oc2cccnc21. The highest BCUT2D eigenvalue weighted by molar-refractivity contribution is 5.76. The van der Waals surface area contributed by atoms with Crippen molar-refractivity contribution in [3.05, 3.63) is 28.9 Å². The van der Waals surface area contributed by atoms with Crippen molar-refractivity contribution in [1.82, 2.24) is 14.9 Å². The molecule has 0 radical (unpaired) electrons. The molecule has 0 bridgehead atoms. The van der Waals surface area contributed by atoms with Crippen LogP contribution in [0.1, 0.15) is 6.42 Å². The third-order valence-electron chi connectivity index (χ3n) is 2.45. The first-order chi connectivity index (χ1) is 8.72. The number of fused-ring (bicyclic) bond motifs is 1. The minimum Gasteiger partial charge on any atom is -0.406 e. The summed E-state index contributed by atoms with van der Waals surface area (Å²) in [4.78, 5) is 27.0. The molecule has 2 aromatic rings. The molecule has 0 aliphatic heterocycles. The number of rotatable bonds is 5. The van der Waals surface area contributed by atoms with Gasteiger partial charge in [0.25, 0.3) is 0 Å². The zero-order chi connectivity index (χ0) is 13.0. The lowest BCUT2D eigenvalue weighted by atomic mass is 10.4. The second-order valence-electron chi connectivity index (χ2n) is 3.73. The lowest BCUT2D eigenvalue weighted by Crippen LogP contribution is -2.30. The van der Waals surface area contributed by atoms with Crippen LogP contribution in [0.15, 0.2) is 27.5 Å². The van der Waals surface area contributed by atoms with Gasteiger partial charge in [-0.05, 0) is 12.1 Å². The van der Waals surface area contributed by atoms with Crippen molar-refractivity contribution < 1.29 is 9.21 Å². The molecule has 0 unspecified atom stereocenters. The molecule has 2 heterocycles. The number of nitrogens with one attached hydrogen (secondary N) is 1. The normalized spacial score (nSPS) is 10.7. The molecule has 3 N–H and O–H groups in total. The molecule has 0 aliphatic rings. The van der Waals surface area contributed by atoms with E-state index in [1.54, 1.807) is 18.3 Å². The van der Waals surface area contributed by atoms with E-state index in [1.807, 2.05) is 0 Å². The van der Waals surface area contributed by atoms with Gasteiger partial charge in [-0.2, -0.15) is 0 Å². The fourth-order valence-electron chi connectivity index (χ4n) is 1.61. The summed E-state index contributed by atoms with van der Waals surface area (Å²) in [6.45, 7) is 1.05. The average Bonchev–Trinajstić information content (AvgIpc) is 2.69. The summed E-state index contributed by atoms with van der Waals surface area (Å²) in [5.41, 5.74) is 6.15. The Labute approximate surface area is 103 Å². The van der Waals surface area contributed by atoms with Gasteiger partial charge in [-0.3, -0.25) is 9.36 Å². The molecule has 7 nitrogen and oxygen atoms in total. The molecule has 96 valence electrons.